The van der Waals surface area contributed by atoms with E-state index in [0.717, 1.165) is 17.0 Å². The number of phenolic OH excluding ortho intramolecular Hbond substituents is 1. The van der Waals surface area contributed by atoms with E-state index in [4.69, 9.17) is 5.73 Å². The average Bonchev–Trinajstić information content (AvgIpc) is 2.93. The molecule has 0 fully saturated rings. The van der Waals surface area contributed by atoms with E-state index in [1.165, 1.54) is 0 Å². The number of amides is 1. The van der Waals surface area contributed by atoms with Crippen LogP contribution >= 0.6 is 0 Å². The lowest BCUT2D eigenvalue weighted by Crippen LogP contribution is -2.24. The number of nitrogens with one attached hydrogen (secondary N) is 1. The van der Waals surface area contributed by atoms with Crippen molar-refractivity contribution in [3.63, 3.8) is 0 Å². The third-order valence-corrected chi connectivity index (χ3v) is 2.76. The summed E-state index contributed by atoms with van der Waals surface area (Å²) >= 11 is 0. The number of carbonyl (C=O) groups is 1. The van der Waals surface area contributed by atoms with E-state index >= 15 is 0 Å². The SMILES string of the molecule is Nc1nnnn1CC(=O)N/N=C/c1cc([N+](=O)[O-])cc([N+](=O)[O-])c1O. The number of aromatic hydroxyl groups is 1. The average molecular weight is 351 g/mol. The quantitative estimate of drug-likeness (QED) is 0.325. The number of rotatable bonds is 6. The van der Waals surface area contributed by atoms with Crippen molar-refractivity contribution in [3.05, 3.63) is 37.9 Å². The molecule has 0 aliphatic rings. The number of hydrazone groups is 1. The summed E-state index contributed by atoms with van der Waals surface area (Å²) in [5.74, 6) is -1.64. The van der Waals surface area contributed by atoms with Gasteiger partial charge in [-0.25, -0.2) is 10.1 Å². The summed E-state index contributed by atoms with van der Waals surface area (Å²) in [6, 6.07) is 1.46. The predicted octanol–water partition coefficient (Wildman–Crippen LogP) is -1.07. The molecule has 2 rings (SSSR count). The van der Waals surface area contributed by atoms with Crippen molar-refractivity contribution in [1.29, 1.82) is 0 Å². The molecule has 0 saturated carbocycles. The number of anilines is 1. The molecule has 0 aliphatic carbocycles. The molecule has 130 valence electrons. The number of nitrogens with zero attached hydrogens (tertiary/aromatic N) is 7. The van der Waals surface area contributed by atoms with Gasteiger partial charge in [0, 0.05) is 6.07 Å². The molecule has 0 atom stereocenters. The molecular weight excluding hydrogens is 342 g/mol. The minimum Gasteiger partial charge on any atom is -0.502 e. The molecule has 0 aliphatic heterocycles. The van der Waals surface area contributed by atoms with Gasteiger partial charge >= 0.3 is 5.69 Å². The van der Waals surface area contributed by atoms with Gasteiger partial charge in [0.25, 0.3) is 11.6 Å². The molecule has 1 heterocycles. The Balaban J connectivity index is 2.17. The Bertz CT molecular complexity index is 876. The molecular formula is C10H9N9O6. The molecule has 1 aromatic carbocycles. The van der Waals surface area contributed by atoms with Crippen LogP contribution in [-0.4, -0.2) is 47.3 Å². The summed E-state index contributed by atoms with van der Waals surface area (Å²) in [7, 11) is 0. The molecule has 4 N–H and O–H groups in total. The van der Waals surface area contributed by atoms with E-state index in [9.17, 15) is 30.1 Å². The van der Waals surface area contributed by atoms with E-state index < -0.39 is 32.9 Å². The number of nitrogen functional groups attached to an aromatic ring is 1. The fourth-order valence-electron chi connectivity index (χ4n) is 1.64. The Kier molecular flexibility index (Phi) is 4.77. The van der Waals surface area contributed by atoms with E-state index in [1.807, 2.05) is 5.43 Å². The van der Waals surface area contributed by atoms with Gasteiger partial charge in [-0.05, 0) is 10.4 Å². The molecule has 25 heavy (non-hydrogen) atoms. The Labute approximate surface area is 137 Å². The van der Waals surface area contributed by atoms with Crippen LogP contribution in [0.2, 0.25) is 0 Å². The van der Waals surface area contributed by atoms with E-state index in [2.05, 4.69) is 20.6 Å². The van der Waals surface area contributed by atoms with Crippen molar-refractivity contribution in [3.8, 4) is 5.75 Å². The third kappa shape index (κ3) is 3.97. The highest BCUT2D eigenvalue weighted by atomic mass is 16.6. The van der Waals surface area contributed by atoms with E-state index in [0.29, 0.717) is 6.07 Å². The lowest BCUT2D eigenvalue weighted by atomic mass is 10.1. The minimum absolute atomic E-state index is 0.105. The normalized spacial score (nSPS) is 10.7. The van der Waals surface area contributed by atoms with Crippen molar-refractivity contribution >= 4 is 29.4 Å². The van der Waals surface area contributed by atoms with Crippen LogP contribution in [0.4, 0.5) is 17.3 Å². The number of nitrogens with two attached hydrogens (primary N) is 1. The molecule has 1 aromatic heterocycles. The van der Waals surface area contributed by atoms with Gasteiger partial charge in [-0.15, -0.1) is 0 Å². The Morgan fingerprint density at radius 3 is 2.68 bits per heavy atom. The number of benzene rings is 1. The zero-order chi connectivity index (χ0) is 18.6. The smallest absolute Gasteiger partial charge is 0.318 e. The summed E-state index contributed by atoms with van der Waals surface area (Å²) in [4.78, 5) is 31.4. The summed E-state index contributed by atoms with van der Waals surface area (Å²) in [5.41, 5.74) is 5.57. The maximum atomic E-state index is 11.6. The topological polar surface area (TPSA) is 218 Å². The van der Waals surface area contributed by atoms with E-state index in [1.54, 1.807) is 0 Å². The fraction of sp³-hybridized carbons (Fsp3) is 0.100. The van der Waals surface area contributed by atoms with Gasteiger partial charge in [-0.1, -0.05) is 5.10 Å². The number of non-ortho nitro benzene ring substituents is 1. The molecule has 0 spiro atoms. The number of hydrogen-bond acceptors (Lipinski definition) is 11. The molecule has 0 saturated heterocycles. The van der Waals surface area contributed by atoms with Crippen molar-refractivity contribution in [1.82, 2.24) is 25.6 Å². The number of tetrazole rings is 1. The molecule has 0 unspecified atom stereocenters. The van der Waals surface area contributed by atoms with Crippen LogP contribution in [0.1, 0.15) is 5.56 Å². The molecule has 2 aromatic rings. The first kappa shape index (κ1) is 17.2. The third-order valence-electron chi connectivity index (χ3n) is 2.76. The van der Waals surface area contributed by atoms with Gasteiger partial charge in [0.05, 0.1) is 27.7 Å². The molecule has 0 bridgehead atoms. The molecule has 15 heteroatoms. The largest absolute Gasteiger partial charge is 0.502 e. The Morgan fingerprint density at radius 1 is 1.40 bits per heavy atom. The van der Waals surface area contributed by atoms with Crippen LogP contribution in [-0.2, 0) is 11.3 Å². The molecule has 0 radical (unpaired) electrons. The summed E-state index contributed by atoms with van der Waals surface area (Å²) in [6.07, 6.45) is 0.816. The van der Waals surface area contributed by atoms with Gasteiger partial charge in [0.2, 0.25) is 11.7 Å². The zero-order valence-corrected chi connectivity index (χ0v) is 12.1. The maximum absolute atomic E-state index is 11.6. The number of hydrogen-bond donors (Lipinski definition) is 3. The lowest BCUT2D eigenvalue weighted by Gasteiger charge is -2.02. The number of phenols is 1. The highest BCUT2D eigenvalue weighted by Gasteiger charge is 2.23. The van der Waals surface area contributed by atoms with Crippen LogP contribution in [0.3, 0.4) is 0 Å². The van der Waals surface area contributed by atoms with E-state index in [-0.39, 0.29) is 18.1 Å². The summed E-state index contributed by atoms with van der Waals surface area (Å²) < 4.78 is 0.973. The van der Waals surface area contributed by atoms with Crippen molar-refractivity contribution in [2.24, 2.45) is 5.10 Å². The second kappa shape index (κ2) is 6.94. The predicted molar refractivity (Wildman–Crippen MR) is 79.4 cm³/mol. The summed E-state index contributed by atoms with van der Waals surface area (Å²) in [5, 5.41) is 44.8. The van der Waals surface area contributed by atoms with Gasteiger partial charge in [-0.3, -0.25) is 25.0 Å². The first-order chi connectivity index (χ1) is 11.8. The standard InChI is InChI=1S/C10H9N9O6/c11-10-14-15-16-17(10)4-8(20)13-12-3-5-1-6(18(22)23)2-7(9(5)21)19(24)25/h1-3,21H,4H2,(H,13,20)(H2,11,14,16)/b12-3+. The van der Waals surface area contributed by atoms with Crippen molar-refractivity contribution in [2.75, 3.05) is 5.73 Å². The van der Waals surface area contributed by atoms with Crippen molar-refractivity contribution in [2.45, 2.75) is 6.54 Å². The Morgan fingerprint density at radius 2 is 2.12 bits per heavy atom. The number of aromatic nitrogens is 4. The highest BCUT2D eigenvalue weighted by molar-refractivity contribution is 5.88. The van der Waals surface area contributed by atoms with Gasteiger partial charge < -0.3 is 10.8 Å². The number of nitro benzene ring substituents is 2. The molecule has 1 amide bonds. The molecule has 15 nitrogen and oxygen atoms in total. The van der Waals surface area contributed by atoms with Crippen LogP contribution in [0.25, 0.3) is 0 Å². The monoisotopic (exact) mass is 351 g/mol. The zero-order valence-electron chi connectivity index (χ0n) is 12.1. The number of carbonyl (C=O) groups excluding carboxylic acids is 1. The second-order valence-corrected chi connectivity index (χ2v) is 4.40. The highest BCUT2D eigenvalue weighted by Crippen LogP contribution is 2.33. The van der Waals surface area contributed by atoms with Crippen LogP contribution in [0, 0.1) is 20.2 Å². The van der Waals surface area contributed by atoms with Gasteiger partial charge in [-0.2, -0.15) is 5.10 Å². The Hall–Kier alpha value is -4.17. The van der Waals surface area contributed by atoms with Crippen LogP contribution in [0.5, 0.6) is 5.75 Å². The minimum atomic E-state index is -0.987. The second-order valence-electron chi connectivity index (χ2n) is 4.40. The first-order valence-electron chi connectivity index (χ1n) is 6.29. The van der Waals surface area contributed by atoms with Crippen molar-refractivity contribution < 1.29 is 19.7 Å². The summed E-state index contributed by atoms with van der Waals surface area (Å²) in [6.45, 7) is -0.364. The van der Waals surface area contributed by atoms with Gasteiger partial charge in [0.1, 0.15) is 6.54 Å². The fourth-order valence-corrected chi connectivity index (χ4v) is 1.64. The van der Waals surface area contributed by atoms with Gasteiger partial charge in [0.15, 0.2) is 0 Å². The van der Waals surface area contributed by atoms with Crippen LogP contribution < -0.4 is 11.2 Å². The first-order valence-corrected chi connectivity index (χ1v) is 6.29. The maximum Gasteiger partial charge on any atom is 0.318 e. The number of nitro groups is 2. The lowest BCUT2D eigenvalue weighted by molar-refractivity contribution is -0.394. The van der Waals surface area contributed by atoms with Crippen LogP contribution in [0.15, 0.2) is 17.2 Å².